The van der Waals surface area contributed by atoms with Gasteiger partial charge in [-0.3, -0.25) is 9.69 Å². The van der Waals surface area contributed by atoms with Crippen molar-refractivity contribution >= 4 is 5.91 Å². The summed E-state index contributed by atoms with van der Waals surface area (Å²) in [6, 6.07) is 7.54. The van der Waals surface area contributed by atoms with Crippen LogP contribution in [0.25, 0.3) is 0 Å². The van der Waals surface area contributed by atoms with Gasteiger partial charge in [-0.1, -0.05) is 31.2 Å². The van der Waals surface area contributed by atoms with Gasteiger partial charge in [0.2, 0.25) is 5.91 Å². The van der Waals surface area contributed by atoms with Crippen molar-refractivity contribution in [2.45, 2.75) is 26.2 Å². The van der Waals surface area contributed by atoms with Gasteiger partial charge < -0.3 is 11.1 Å². The lowest BCUT2D eigenvalue weighted by molar-refractivity contribution is -0.139. The highest BCUT2D eigenvalue weighted by Gasteiger charge is 2.27. The van der Waals surface area contributed by atoms with Crippen molar-refractivity contribution in [3.63, 3.8) is 0 Å². The minimum atomic E-state index is -4.39. The normalized spacial score (nSPS) is 11.7. The number of alkyl halides is 3. The van der Waals surface area contributed by atoms with Crippen LogP contribution in [0.5, 0.6) is 0 Å². The molecule has 4 nitrogen and oxygen atoms in total. The minimum absolute atomic E-state index is 0.0779. The smallest absolute Gasteiger partial charge is 0.346 e. The van der Waals surface area contributed by atoms with Crippen LogP contribution in [0.1, 0.15) is 18.1 Å². The second kappa shape index (κ2) is 7.99. The van der Waals surface area contributed by atoms with Crippen LogP contribution in [0, 0.1) is 0 Å². The number of rotatable bonds is 7. The molecule has 3 N–H and O–H groups in total. The highest BCUT2D eigenvalue weighted by Crippen LogP contribution is 2.13. The molecule has 7 heteroatoms. The number of nitrogens with one attached hydrogen (secondary N) is 1. The average Bonchev–Trinajstić information content (AvgIpc) is 2.44. The Morgan fingerprint density at radius 2 is 1.90 bits per heavy atom. The fourth-order valence-corrected chi connectivity index (χ4v) is 1.89. The van der Waals surface area contributed by atoms with E-state index in [0.717, 1.165) is 11.1 Å². The molecule has 0 fully saturated rings. The van der Waals surface area contributed by atoms with E-state index >= 15 is 0 Å². The molecule has 0 spiro atoms. The Morgan fingerprint density at radius 3 is 2.43 bits per heavy atom. The summed E-state index contributed by atoms with van der Waals surface area (Å²) in [6.07, 6.45) is -4.39. The summed E-state index contributed by atoms with van der Waals surface area (Å²) in [6.45, 7) is 1.88. The summed E-state index contributed by atoms with van der Waals surface area (Å²) in [5.74, 6) is -0.639. The third-order valence-corrected chi connectivity index (χ3v) is 3.03. The van der Waals surface area contributed by atoms with E-state index in [4.69, 9.17) is 5.73 Å². The molecule has 118 valence electrons. The van der Waals surface area contributed by atoms with Gasteiger partial charge >= 0.3 is 6.18 Å². The van der Waals surface area contributed by atoms with Crippen molar-refractivity contribution in [1.29, 1.82) is 0 Å². The van der Waals surface area contributed by atoms with E-state index in [0.29, 0.717) is 19.6 Å². The summed E-state index contributed by atoms with van der Waals surface area (Å²) in [5.41, 5.74) is 7.58. The summed E-state index contributed by atoms with van der Waals surface area (Å²) < 4.78 is 36.1. The first-order chi connectivity index (χ1) is 9.85. The van der Waals surface area contributed by atoms with E-state index in [9.17, 15) is 18.0 Å². The first kappa shape index (κ1) is 17.5. The molecule has 1 aromatic rings. The zero-order valence-corrected chi connectivity index (χ0v) is 11.9. The quantitative estimate of drug-likeness (QED) is 0.805. The van der Waals surface area contributed by atoms with Gasteiger partial charge in [0.05, 0.1) is 6.54 Å². The number of nitrogens with two attached hydrogens (primary N) is 1. The van der Waals surface area contributed by atoms with Crippen molar-refractivity contribution in [3.8, 4) is 0 Å². The Labute approximate surface area is 122 Å². The fourth-order valence-electron chi connectivity index (χ4n) is 1.89. The second-order valence-electron chi connectivity index (χ2n) is 4.67. The Balaban J connectivity index is 2.57. The zero-order chi connectivity index (χ0) is 15.9. The van der Waals surface area contributed by atoms with Crippen molar-refractivity contribution in [2.75, 3.05) is 19.6 Å². The van der Waals surface area contributed by atoms with Gasteiger partial charge in [0, 0.05) is 13.1 Å². The van der Waals surface area contributed by atoms with Crippen molar-refractivity contribution in [2.24, 2.45) is 5.73 Å². The van der Waals surface area contributed by atoms with Crippen LogP contribution in [0.3, 0.4) is 0 Å². The predicted octanol–water partition coefficient (Wildman–Crippen LogP) is 1.65. The van der Waals surface area contributed by atoms with Gasteiger partial charge in [-0.05, 0) is 17.7 Å². The van der Waals surface area contributed by atoms with Gasteiger partial charge in [0.25, 0.3) is 0 Å². The van der Waals surface area contributed by atoms with E-state index < -0.39 is 18.6 Å². The maximum atomic E-state index is 12.0. The van der Waals surface area contributed by atoms with Crippen LogP contribution in [0.15, 0.2) is 24.3 Å². The second-order valence-corrected chi connectivity index (χ2v) is 4.67. The maximum absolute atomic E-state index is 12.0. The van der Waals surface area contributed by atoms with Crippen LogP contribution in [-0.2, 0) is 17.9 Å². The molecule has 21 heavy (non-hydrogen) atoms. The van der Waals surface area contributed by atoms with Gasteiger partial charge in [-0.25, -0.2) is 0 Å². The minimum Gasteiger partial charge on any atom is -0.346 e. The highest BCUT2D eigenvalue weighted by atomic mass is 19.4. The largest absolute Gasteiger partial charge is 0.405 e. The number of likely N-dealkylation sites (N-methyl/N-ethyl adjacent to an activating group) is 1. The van der Waals surface area contributed by atoms with Crippen LogP contribution >= 0.6 is 0 Å². The van der Waals surface area contributed by atoms with E-state index in [1.165, 1.54) is 0 Å². The topological polar surface area (TPSA) is 58.4 Å². The van der Waals surface area contributed by atoms with Crippen molar-refractivity contribution in [3.05, 3.63) is 35.4 Å². The molecular weight excluding hydrogens is 283 g/mol. The number of nitrogens with zero attached hydrogens (tertiary/aromatic N) is 1. The van der Waals surface area contributed by atoms with Gasteiger partial charge in [0.1, 0.15) is 6.54 Å². The molecule has 0 aliphatic rings. The molecule has 0 radical (unpaired) electrons. The highest BCUT2D eigenvalue weighted by molar-refractivity contribution is 5.78. The molecule has 0 bridgehead atoms. The molecule has 0 aromatic heterocycles. The van der Waals surface area contributed by atoms with Gasteiger partial charge in [-0.15, -0.1) is 0 Å². The molecule has 0 saturated heterocycles. The number of hydrogen-bond donors (Lipinski definition) is 2. The number of carbonyl (C=O) groups is 1. The van der Waals surface area contributed by atoms with Crippen molar-refractivity contribution in [1.82, 2.24) is 10.2 Å². The third kappa shape index (κ3) is 6.59. The van der Waals surface area contributed by atoms with Crippen LogP contribution in [-0.4, -0.2) is 36.6 Å². The van der Waals surface area contributed by atoms with E-state index in [2.05, 4.69) is 0 Å². The lowest BCUT2D eigenvalue weighted by Crippen LogP contribution is -2.41. The number of hydrogen-bond acceptors (Lipinski definition) is 3. The summed E-state index contributed by atoms with van der Waals surface area (Å²) >= 11 is 0. The zero-order valence-electron chi connectivity index (χ0n) is 11.9. The molecule has 0 heterocycles. The Kier molecular flexibility index (Phi) is 6.64. The van der Waals surface area contributed by atoms with Crippen LogP contribution in [0.4, 0.5) is 13.2 Å². The fraction of sp³-hybridized carbons (Fsp3) is 0.500. The predicted molar refractivity (Wildman–Crippen MR) is 74.3 cm³/mol. The molecule has 0 aliphatic carbocycles. The Hall–Kier alpha value is -1.60. The van der Waals surface area contributed by atoms with Gasteiger partial charge in [0.15, 0.2) is 0 Å². The lowest BCUT2D eigenvalue weighted by Gasteiger charge is -2.21. The number of carbonyl (C=O) groups excluding carboxylic acids is 1. The summed E-state index contributed by atoms with van der Waals surface area (Å²) in [7, 11) is 0. The number of amides is 1. The molecule has 0 unspecified atom stereocenters. The van der Waals surface area contributed by atoms with Crippen LogP contribution < -0.4 is 11.1 Å². The molecule has 1 amide bonds. The van der Waals surface area contributed by atoms with E-state index in [1.807, 2.05) is 36.5 Å². The Bertz CT molecular complexity index is 463. The lowest BCUT2D eigenvalue weighted by atomic mass is 10.1. The van der Waals surface area contributed by atoms with E-state index in [-0.39, 0.29) is 6.54 Å². The third-order valence-electron chi connectivity index (χ3n) is 3.03. The van der Waals surface area contributed by atoms with Crippen molar-refractivity contribution < 1.29 is 18.0 Å². The number of benzene rings is 1. The summed E-state index contributed by atoms with van der Waals surface area (Å²) in [5, 5.41) is 1.87. The SMILES string of the molecule is CCN(CC(=O)NCC(F)(F)F)Cc1ccccc1CN. The molecule has 0 aliphatic heterocycles. The monoisotopic (exact) mass is 303 g/mol. The molecule has 0 atom stereocenters. The number of halogens is 3. The standard InChI is InChI=1S/C14H20F3N3O/c1-2-20(9-13(21)19-10-14(15,16)17)8-12-6-4-3-5-11(12)7-18/h3-6H,2,7-10,18H2,1H3,(H,19,21). The first-order valence-corrected chi connectivity index (χ1v) is 6.68. The van der Waals surface area contributed by atoms with Crippen LogP contribution in [0.2, 0.25) is 0 Å². The van der Waals surface area contributed by atoms with Gasteiger partial charge in [-0.2, -0.15) is 13.2 Å². The summed E-state index contributed by atoms with van der Waals surface area (Å²) in [4.78, 5) is 13.3. The Morgan fingerprint density at radius 1 is 1.29 bits per heavy atom. The molecule has 0 saturated carbocycles. The maximum Gasteiger partial charge on any atom is 0.405 e. The molecular formula is C14H20F3N3O. The molecule has 1 aromatic carbocycles. The molecule has 1 rings (SSSR count). The average molecular weight is 303 g/mol. The first-order valence-electron chi connectivity index (χ1n) is 6.68. The van der Waals surface area contributed by atoms with E-state index in [1.54, 1.807) is 4.90 Å².